The van der Waals surface area contributed by atoms with Crippen molar-refractivity contribution < 1.29 is 9.90 Å². The van der Waals surface area contributed by atoms with Crippen LogP contribution in [0.15, 0.2) is 22.7 Å². The minimum Gasteiger partial charge on any atom is -0.395 e. The Kier molecular flexibility index (Phi) is 4.87. The molecule has 0 bridgehead atoms. The molecule has 0 atom stereocenters. The minimum atomic E-state index is -0.368. The number of hydrogen-bond donors (Lipinski definition) is 3. The highest BCUT2D eigenvalue weighted by molar-refractivity contribution is 9.10. The molecule has 0 spiro atoms. The van der Waals surface area contributed by atoms with Crippen LogP contribution < -0.4 is 10.6 Å². The van der Waals surface area contributed by atoms with E-state index in [1.54, 1.807) is 18.2 Å². The number of carbonyl (C=O) groups excluding carboxylic acids is 1. The second-order valence-corrected chi connectivity index (χ2v) is 4.02. The van der Waals surface area contributed by atoms with E-state index in [4.69, 9.17) is 16.7 Å². The monoisotopic (exact) mass is 292 g/mol. The first-order valence-corrected chi connectivity index (χ1v) is 5.41. The van der Waals surface area contributed by atoms with Crippen LogP contribution in [-0.2, 0) is 0 Å². The van der Waals surface area contributed by atoms with Gasteiger partial charge in [-0.05, 0) is 34.1 Å². The molecule has 0 aliphatic heterocycles. The number of anilines is 1. The standard InChI is InChI=1S/C9H10BrClN2O2/c10-7-5-6(11)1-2-8(7)13-9(15)12-3-4-14/h1-2,5,14H,3-4H2,(H2,12,13,15). The topological polar surface area (TPSA) is 61.4 Å². The summed E-state index contributed by atoms with van der Waals surface area (Å²) in [6, 6.07) is 4.68. The third kappa shape index (κ3) is 4.07. The van der Waals surface area contributed by atoms with Crippen LogP contribution in [0, 0.1) is 0 Å². The number of nitrogens with one attached hydrogen (secondary N) is 2. The summed E-state index contributed by atoms with van der Waals surface area (Å²) in [4.78, 5) is 11.2. The highest BCUT2D eigenvalue weighted by atomic mass is 79.9. The summed E-state index contributed by atoms with van der Waals surface area (Å²) in [5.74, 6) is 0. The van der Waals surface area contributed by atoms with Gasteiger partial charge in [-0.15, -0.1) is 0 Å². The van der Waals surface area contributed by atoms with Crippen molar-refractivity contribution in [2.24, 2.45) is 0 Å². The molecule has 3 N–H and O–H groups in total. The number of halogens is 2. The lowest BCUT2D eigenvalue weighted by molar-refractivity contribution is 0.245. The molecule has 6 heteroatoms. The van der Waals surface area contributed by atoms with E-state index in [-0.39, 0.29) is 19.2 Å². The SMILES string of the molecule is O=C(NCCO)Nc1ccc(Cl)cc1Br. The maximum Gasteiger partial charge on any atom is 0.319 e. The Morgan fingerprint density at radius 1 is 1.53 bits per heavy atom. The number of aliphatic hydroxyl groups excluding tert-OH is 1. The van der Waals surface area contributed by atoms with Gasteiger partial charge in [0.25, 0.3) is 0 Å². The zero-order valence-corrected chi connectivity index (χ0v) is 10.1. The van der Waals surface area contributed by atoms with E-state index in [1.807, 2.05) is 0 Å². The number of amides is 2. The number of urea groups is 1. The molecule has 15 heavy (non-hydrogen) atoms. The molecule has 0 unspecified atom stereocenters. The van der Waals surface area contributed by atoms with Crippen LogP contribution in [0.2, 0.25) is 5.02 Å². The first kappa shape index (κ1) is 12.3. The predicted octanol–water partition coefficient (Wildman–Crippen LogP) is 2.22. The van der Waals surface area contributed by atoms with Gasteiger partial charge in [0, 0.05) is 16.0 Å². The summed E-state index contributed by atoms with van der Waals surface area (Å²) in [7, 11) is 0. The Hall–Kier alpha value is -0.780. The first-order valence-electron chi connectivity index (χ1n) is 4.24. The largest absolute Gasteiger partial charge is 0.395 e. The molecule has 0 saturated heterocycles. The molecule has 0 aliphatic rings. The second-order valence-electron chi connectivity index (χ2n) is 2.73. The normalized spacial score (nSPS) is 9.80. The summed E-state index contributed by atoms with van der Waals surface area (Å²) in [6.07, 6.45) is 0. The summed E-state index contributed by atoms with van der Waals surface area (Å²) in [5, 5.41) is 14.2. The molecule has 2 amide bonds. The molecule has 4 nitrogen and oxygen atoms in total. The molecular formula is C9H10BrClN2O2. The second kappa shape index (κ2) is 5.95. The Balaban J connectivity index is 2.60. The van der Waals surface area contributed by atoms with Crippen molar-refractivity contribution in [3.63, 3.8) is 0 Å². The quantitative estimate of drug-likeness (QED) is 0.800. The number of carbonyl (C=O) groups is 1. The zero-order valence-electron chi connectivity index (χ0n) is 7.76. The number of benzene rings is 1. The zero-order chi connectivity index (χ0) is 11.3. The summed E-state index contributed by atoms with van der Waals surface area (Å²) >= 11 is 9.01. The number of aliphatic hydroxyl groups is 1. The molecule has 0 radical (unpaired) electrons. The lowest BCUT2D eigenvalue weighted by atomic mass is 10.3. The van der Waals surface area contributed by atoms with Crippen LogP contribution in [0.25, 0.3) is 0 Å². The molecule has 1 aromatic rings. The average Bonchev–Trinajstić information content (AvgIpc) is 2.19. The van der Waals surface area contributed by atoms with Crippen LogP contribution in [0.3, 0.4) is 0 Å². The van der Waals surface area contributed by atoms with Crippen molar-refractivity contribution >= 4 is 39.2 Å². The fraction of sp³-hybridized carbons (Fsp3) is 0.222. The highest BCUT2D eigenvalue weighted by Gasteiger charge is 2.04. The van der Waals surface area contributed by atoms with Crippen molar-refractivity contribution in [1.29, 1.82) is 0 Å². The van der Waals surface area contributed by atoms with E-state index < -0.39 is 0 Å². The maximum absolute atomic E-state index is 11.2. The van der Waals surface area contributed by atoms with Crippen LogP contribution in [0.5, 0.6) is 0 Å². The van der Waals surface area contributed by atoms with Gasteiger partial charge in [-0.1, -0.05) is 11.6 Å². The van der Waals surface area contributed by atoms with Crippen LogP contribution in [0.4, 0.5) is 10.5 Å². The van der Waals surface area contributed by atoms with Crippen molar-refractivity contribution in [3.8, 4) is 0 Å². The molecule has 82 valence electrons. The average molecular weight is 294 g/mol. The van der Waals surface area contributed by atoms with Gasteiger partial charge < -0.3 is 15.7 Å². The maximum atomic E-state index is 11.2. The summed E-state index contributed by atoms with van der Waals surface area (Å²) in [6.45, 7) is 0.131. The molecule has 1 aromatic carbocycles. The van der Waals surface area contributed by atoms with E-state index in [1.165, 1.54) is 0 Å². The van der Waals surface area contributed by atoms with E-state index in [2.05, 4.69) is 26.6 Å². The van der Waals surface area contributed by atoms with E-state index in [0.29, 0.717) is 15.2 Å². The first-order chi connectivity index (χ1) is 7.13. The number of hydrogen-bond acceptors (Lipinski definition) is 2. The van der Waals surface area contributed by atoms with Crippen molar-refractivity contribution in [3.05, 3.63) is 27.7 Å². The van der Waals surface area contributed by atoms with Gasteiger partial charge in [0.1, 0.15) is 0 Å². The van der Waals surface area contributed by atoms with Crippen molar-refractivity contribution in [1.82, 2.24) is 5.32 Å². The Bertz CT molecular complexity index is 360. The fourth-order valence-corrected chi connectivity index (χ4v) is 1.71. The minimum absolute atomic E-state index is 0.0881. The smallest absolute Gasteiger partial charge is 0.319 e. The Morgan fingerprint density at radius 3 is 2.87 bits per heavy atom. The fourth-order valence-electron chi connectivity index (χ4n) is 0.927. The highest BCUT2D eigenvalue weighted by Crippen LogP contribution is 2.25. The molecule has 0 saturated carbocycles. The molecule has 0 aromatic heterocycles. The lowest BCUT2D eigenvalue weighted by Gasteiger charge is -2.08. The van der Waals surface area contributed by atoms with E-state index >= 15 is 0 Å². The van der Waals surface area contributed by atoms with Gasteiger partial charge >= 0.3 is 6.03 Å². The van der Waals surface area contributed by atoms with E-state index in [0.717, 1.165) is 0 Å². The lowest BCUT2D eigenvalue weighted by Crippen LogP contribution is -2.31. The van der Waals surface area contributed by atoms with E-state index in [9.17, 15) is 4.79 Å². The van der Waals surface area contributed by atoms with Gasteiger partial charge in [0.2, 0.25) is 0 Å². The van der Waals surface area contributed by atoms with Crippen molar-refractivity contribution in [2.75, 3.05) is 18.5 Å². The van der Waals surface area contributed by atoms with Gasteiger partial charge in [-0.2, -0.15) is 0 Å². The third-order valence-corrected chi connectivity index (χ3v) is 2.47. The number of rotatable bonds is 3. The van der Waals surface area contributed by atoms with Crippen LogP contribution in [-0.4, -0.2) is 24.3 Å². The molecular weight excluding hydrogens is 283 g/mol. The van der Waals surface area contributed by atoms with Gasteiger partial charge in [-0.25, -0.2) is 4.79 Å². The van der Waals surface area contributed by atoms with Crippen molar-refractivity contribution in [2.45, 2.75) is 0 Å². The third-order valence-electron chi connectivity index (χ3n) is 1.58. The molecule has 0 heterocycles. The van der Waals surface area contributed by atoms with Gasteiger partial charge in [-0.3, -0.25) is 0 Å². The predicted molar refractivity (Wildman–Crippen MR) is 63.3 cm³/mol. The summed E-state index contributed by atoms with van der Waals surface area (Å²) in [5.41, 5.74) is 0.620. The molecule has 0 aliphatic carbocycles. The Labute approximate surface area is 101 Å². The molecule has 1 rings (SSSR count). The summed E-state index contributed by atoms with van der Waals surface area (Å²) < 4.78 is 0.703. The van der Waals surface area contributed by atoms with Crippen LogP contribution >= 0.6 is 27.5 Å². The Morgan fingerprint density at radius 2 is 2.27 bits per heavy atom. The van der Waals surface area contributed by atoms with Gasteiger partial charge in [0.05, 0.1) is 12.3 Å². The molecule has 0 fully saturated rings. The van der Waals surface area contributed by atoms with Crippen LogP contribution in [0.1, 0.15) is 0 Å². The van der Waals surface area contributed by atoms with Gasteiger partial charge in [0.15, 0.2) is 0 Å².